The Morgan fingerprint density at radius 3 is 2.02 bits per heavy atom. The van der Waals surface area contributed by atoms with E-state index in [1.54, 1.807) is 48.5 Å². The minimum atomic E-state index is -4.15. The molecule has 10 heteroatoms. The second kappa shape index (κ2) is 13.7. The number of nitrogens with zero attached hydrogens (tertiary/aromatic N) is 2. The molecule has 0 aliphatic heterocycles. The van der Waals surface area contributed by atoms with Crippen LogP contribution in [0.2, 0.25) is 10.0 Å². The van der Waals surface area contributed by atoms with Gasteiger partial charge in [0.05, 0.1) is 10.6 Å². The summed E-state index contributed by atoms with van der Waals surface area (Å²) in [6.45, 7) is 3.38. The normalized spacial score (nSPS) is 14.4. The van der Waals surface area contributed by atoms with Crippen LogP contribution >= 0.6 is 23.2 Å². The zero-order chi connectivity index (χ0) is 29.6. The van der Waals surface area contributed by atoms with E-state index >= 15 is 0 Å². The van der Waals surface area contributed by atoms with E-state index in [-0.39, 0.29) is 23.4 Å². The molecule has 0 aromatic heterocycles. The van der Waals surface area contributed by atoms with Crippen LogP contribution in [0.1, 0.15) is 50.2 Å². The summed E-state index contributed by atoms with van der Waals surface area (Å²) < 4.78 is 28.9. The van der Waals surface area contributed by atoms with E-state index in [2.05, 4.69) is 5.32 Å². The van der Waals surface area contributed by atoms with Crippen LogP contribution in [0.15, 0.2) is 77.7 Å². The molecule has 3 aromatic rings. The quantitative estimate of drug-likeness (QED) is 0.272. The smallest absolute Gasteiger partial charge is 0.264 e. The largest absolute Gasteiger partial charge is 0.352 e. The van der Waals surface area contributed by atoms with Gasteiger partial charge < -0.3 is 10.2 Å². The van der Waals surface area contributed by atoms with E-state index in [0.29, 0.717) is 22.2 Å². The van der Waals surface area contributed by atoms with Crippen molar-refractivity contribution in [2.24, 2.45) is 0 Å². The summed E-state index contributed by atoms with van der Waals surface area (Å²) in [5.41, 5.74) is 2.06. The molecule has 4 rings (SSSR count). The number of halogens is 2. The first-order valence-electron chi connectivity index (χ1n) is 13.8. The Hall–Kier alpha value is -3.07. The third-order valence-corrected chi connectivity index (χ3v) is 9.65. The van der Waals surface area contributed by atoms with Crippen molar-refractivity contribution in [1.82, 2.24) is 10.2 Å². The van der Waals surface area contributed by atoms with Crippen LogP contribution < -0.4 is 9.62 Å². The molecule has 41 heavy (non-hydrogen) atoms. The number of benzene rings is 3. The molecule has 0 bridgehead atoms. The molecule has 3 aromatic carbocycles. The van der Waals surface area contributed by atoms with Crippen LogP contribution in [0.25, 0.3) is 0 Å². The number of amides is 2. The SMILES string of the molecule is CC[C@@H](C(=O)NC1CCCC1)N(Cc1ccc(Cl)cc1)C(=O)CN(c1ccc(C)cc1)S(=O)(=O)c1ccc(Cl)cc1. The maximum atomic E-state index is 14.1. The van der Waals surface area contributed by atoms with Gasteiger partial charge in [-0.15, -0.1) is 0 Å². The molecule has 1 fully saturated rings. The highest BCUT2D eigenvalue weighted by molar-refractivity contribution is 7.92. The van der Waals surface area contributed by atoms with Crippen molar-refractivity contribution in [3.8, 4) is 0 Å². The highest BCUT2D eigenvalue weighted by Gasteiger charge is 2.34. The molecule has 0 heterocycles. The number of aryl methyl sites for hydroxylation is 1. The Morgan fingerprint density at radius 1 is 0.902 bits per heavy atom. The topological polar surface area (TPSA) is 86.8 Å². The van der Waals surface area contributed by atoms with Gasteiger partial charge in [0.25, 0.3) is 10.0 Å². The Labute approximate surface area is 252 Å². The average Bonchev–Trinajstić information content (AvgIpc) is 3.46. The zero-order valence-corrected chi connectivity index (χ0v) is 25.6. The van der Waals surface area contributed by atoms with E-state index in [0.717, 1.165) is 41.1 Å². The summed E-state index contributed by atoms with van der Waals surface area (Å²) in [5.74, 6) is -0.726. The lowest BCUT2D eigenvalue weighted by Crippen LogP contribution is -2.53. The summed E-state index contributed by atoms with van der Waals surface area (Å²) in [6.07, 6.45) is 4.31. The molecule has 1 aliphatic carbocycles. The van der Waals surface area contributed by atoms with Gasteiger partial charge in [-0.05, 0) is 80.3 Å². The maximum Gasteiger partial charge on any atom is 0.264 e. The lowest BCUT2D eigenvalue weighted by molar-refractivity contribution is -0.140. The van der Waals surface area contributed by atoms with Crippen molar-refractivity contribution in [3.63, 3.8) is 0 Å². The van der Waals surface area contributed by atoms with Crippen molar-refractivity contribution in [2.75, 3.05) is 10.8 Å². The van der Waals surface area contributed by atoms with E-state index in [1.165, 1.54) is 29.2 Å². The second-order valence-electron chi connectivity index (χ2n) is 10.4. The van der Waals surface area contributed by atoms with Gasteiger partial charge in [-0.25, -0.2) is 8.42 Å². The number of carbonyl (C=O) groups is 2. The lowest BCUT2D eigenvalue weighted by Gasteiger charge is -2.33. The average molecular weight is 617 g/mol. The fourth-order valence-electron chi connectivity index (χ4n) is 5.05. The lowest BCUT2D eigenvalue weighted by atomic mass is 10.1. The number of carbonyl (C=O) groups excluding carboxylic acids is 2. The predicted molar refractivity (Wildman–Crippen MR) is 164 cm³/mol. The van der Waals surface area contributed by atoms with Crippen LogP contribution in [0, 0.1) is 6.92 Å². The van der Waals surface area contributed by atoms with E-state index in [1.807, 2.05) is 13.8 Å². The number of sulfonamides is 1. The summed E-state index contributed by atoms with van der Waals surface area (Å²) in [4.78, 5) is 29.1. The van der Waals surface area contributed by atoms with Crippen molar-refractivity contribution < 1.29 is 18.0 Å². The van der Waals surface area contributed by atoms with Crippen LogP contribution in [-0.2, 0) is 26.2 Å². The molecule has 1 atom stereocenters. The van der Waals surface area contributed by atoms with Crippen LogP contribution in [0.4, 0.5) is 5.69 Å². The fraction of sp³-hybridized carbons (Fsp3) is 0.355. The van der Waals surface area contributed by atoms with E-state index < -0.39 is 28.5 Å². The van der Waals surface area contributed by atoms with E-state index in [9.17, 15) is 18.0 Å². The first-order valence-corrected chi connectivity index (χ1v) is 16.0. The number of hydrogen-bond donors (Lipinski definition) is 1. The molecular formula is C31H35Cl2N3O4S. The second-order valence-corrected chi connectivity index (χ2v) is 13.1. The molecule has 1 aliphatic rings. The Kier molecular flexibility index (Phi) is 10.3. The molecule has 0 saturated heterocycles. The molecule has 2 amide bonds. The third kappa shape index (κ3) is 7.82. The number of nitrogens with one attached hydrogen (secondary N) is 1. The summed E-state index contributed by atoms with van der Waals surface area (Å²) in [6, 6.07) is 19.1. The molecule has 1 N–H and O–H groups in total. The van der Waals surface area contributed by atoms with Gasteiger partial charge >= 0.3 is 0 Å². The van der Waals surface area contributed by atoms with Crippen molar-refractivity contribution in [3.05, 3.63) is 94.0 Å². The van der Waals surface area contributed by atoms with Gasteiger partial charge in [0.2, 0.25) is 11.8 Å². The standard InChI is InChI=1S/C31H35Cl2N3O4S/c1-3-29(31(38)34-26-6-4-5-7-26)35(20-23-10-12-24(32)13-11-23)30(37)21-36(27-16-8-22(2)9-17-27)41(39,40)28-18-14-25(33)15-19-28/h8-19,26,29H,3-7,20-21H2,1-2H3,(H,34,38)/t29-/m0/s1. The monoisotopic (exact) mass is 615 g/mol. The highest BCUT2D eigenvalue weighted by Crippen LogP contribution is 2.26. The fourth-order valence-corrected chi connectivity index (χ4v) is 6.71. The predicted octanol–water partition coefficient (Wildman–Crippen LogP) is 6.36. The van der Waals surface area contributed by atoms with Gasteiger partial charge in [-0.3, -0.25) is 13.9 Å². The maximum absolute atomic E-state index is 14.1. The van der Waals surface area contributed by atoms with E-state index in [4.69, 9.17) is 23.2 Å². The molecule has 1 saturated carbocycles. The minimum Gasteiger partial charge on any atom is -0.352 e. The third-order valence-electron chi connectivity index (χ3n) is 7.36. The Balaban J connectivity index is 1.70. The Morgan fingerprint density at radius 2 is 1.46 bits per heavy atom. The van der Waals surface area contributed by atoms with Gasteiger partial charge in [0.1, 0.15) is 12.6 Å². The summed E-state index contributed by atoms with van der Waals surface area (Å²) in [5, 5.41) is 4.07. The van der Waals surface area contributed by atoms with Crippen molar-refractivity contribution >= 4 is 50.7 Å². The number of rotatable bonds is 11. The minimum absolute atomic E-state index is 0.00513. The first-order chi connectivity index (χ1) is 19.6. The van der Waals surface area contributed by atoms with Gasteiger partial charge in [-0.2, -0.15) is 0 Å². The molecule has 0 spiro atoms. The van der Waals surface area contributed by atoms with Crippen LogP contribution in [0.3, 0.4) is 0 Å². The molecular weight excluding hydrogens is 581 g/mol. The highest BCUT2D eigenvalue weighted by atomic mass is 35.5. The molecule has 0 unspecified atom stereocenters. The molecule has 218 valence electrons. The zero-order valence-electron chi connectivity index (χ0n) is 23.2. The van der Waals surface area contributed by atoms with Crippen LogP contribution in [0.5, 0.6) is 0 Å². The van der Waals surface area contributed by atoms with Crippen molar-refractivity contribution in [1.29, 1.82) is 0 Å². The first kappa shape index (κ1) is 30.9. The Bertz CT molecular complexity index is 1440. The van der Waals surface area contributed by atoms with Crippen LogP contribution in [-0.4, -0.2) is 43.8 Å². The summed E-state index contributed by atoms with van der Waals surface area (Å²) in [7, 11) is -4.15. The van der Waals surface area contributed by atoms with Crippen molar-refractivity contribution in [2.45, 2.75) is 69.5 Å². The van der Waals surface area contributed by atoms with Gasteiger partial charge in [-0.1, -0.05) is 72.8 Å². The van der Waals surface area contributed by atoms with Gasteiger partial charge in [0, 0.05) is 22.6 Å². The number of anilines is 1. The summed E-state index contributed by atoms with van der Waals surface area (Å²) >= 11 is 12.1. The molecule has 7 nitrogen and oxygen atoms in total. The number of hydrogen-bond acceptors (Lipinski definition) is 4. The van der Waals surface area contributed by atoms with Gasteiger partial charge in [0.15, 0.2) is 0 Å². The molecule has 0 radical (unpaired) electrons.